The number of rotatable bonds is 7. The Bertz CT molecular complexity index is 1120. The molecule has 50 heavy (non-hydrogen) atoms. The summed E-state index contributed by atoms with van der Waals surface area (Å²) in [6.07, 6.45) is -9.86. The van der Waals surface area contributed by atoms with Crippen LogP contribution in [0.15, 0.2) is 0 Å². The summed E-state index contributed by atoms with van der Waals surface area (Å²) in [5.41, 5.74) is -4.13. The highest BCUT2D eigenvalue weighted by molar-refractivity contribution is 5.89. The van der Waals surface area contributed by atoms with Gasteiger partial charge in [0.15, 0.2) is 18.4 Å². The highest BCUT2D eigenvalue weighted by Gasteiger charge is 2.53. The third-order valence-corrected chi connectivity index (χ3v) is 11.2. The van der Waals surface area contributed by atoms with Crippen LogP contribution in [-0.2, 0) is 38.0 Å². The minimum atomic E-state index is -2.13. The molecule has 14 heteroatoms. The van der Waals surface area contributed by atoms with Crippen molar-refractivity contribution in [2.24, 2.45) is 23.7 Å². The molecule has 3 aliphatic rings. The van der Waals surface area contributed by atoms with Gasteiger partial charge in [0.1, 0.15) is 23.9 Å². The summed E-state index contributed by atoms with van der Waals surface area (Å²) in [5.74, 6) is -4.98. The zero-order valence-corrected chi connectivity index (χ0v) is 32.0. The molecule has 18 unspecified atom stereocenters. The fourth-order valence-electron chi connectivity index (χ4n) is 8.17. The molecule has 0 saturated carbocycles. The summed E-state index contributed by atoms with van der Waals surface area (Å²) in [7, 11) is 5.14. The van der Waals surface area contributed by atoms with Gasteiger partial charge in [-0.1, -0.05) is 27.7 Å². The molecule has 14 nitrogen and oxygen atoms in total. The number of aliphatic hydroxyl groups excluding tert-OH is 3. The Balaban J connectivity index is 2.17. The van der Waals surface area contributed by atoms with Gasteiger partial charge in [0.25, 0.3) is 0 Å². The van der Waals surface area contributed by atoms with Crippen LogP contribution < -0.4 is 0 Å². The second kappa shape index (κ2) is 17.2. The maximum absolute atomic E-state index is 14.0. The van der Waals surface area contributed by atoms with Gasteiger partial charge in [-0.05, 0) is 61.6 Å². The summed E-state index contributed by atoms with van der Waals surface area (Å²) >= 11 is 0. The zero-order valence-electron chi connectivity index (χ0n) is 32.0. The first-order valence-corrected chi connectivity index (χ1v) is 18.1. The van der Waals surface area contributed by atoms with Crippen molar-refractivity contribution >= 4 is 11.8 Å². The number of nitrogens with zero attached hydrogens (tertiary/aromatic N) is 1. The van der Waals surface area contributed by atoms with E-state index >= 15 is 0 Å². The summed E-state index contributed by atoms with van der Waals surface area (Å²) < 4.78 is 36.7. The number of hydrogen-bond acceptors (Lipinski definition) is 14. The molecule has 18 atom stereocenters. The summed E-state index contributed by atoms with van der Waals surface area (Å²) in [6.45, 7) is 14.6. The molecule has 3 fully saturated rings. The monoisotopic (exact) mass is 719 g/mol. The van der Waals surface area contributed by atoms with Crippen molar-refractivity contribution in [3.63, 3.8) is 0 Å². The number of cyclic esters (lactones) is 1. The average molecular weight is 720 g/mol. The van der Waals surface area contributed by atoms with Gasteiger partial charge in [-0.15, -0.1) is 0 Å². The minimum absolute atomic E-state index is 0.128. The van der Waals surface area contributed by atoms with Crippen LogP contribution in [0.25, 0.3) is 0 Å². The highest BCUT2D eigenvalue weighted by atomic mass is 16.7. The Morgan fingerprint density at radius 1 is 0.860 bits per heavy atom. The van der Waals surface area contributed by atoms with E-state index < -0.39 is 114 Å². The number of likely N-dealkylation sites (N-methyl/N-ethyl adjacent to an activating group) is 1. The average Bonchev–Trinajstić information content (AvgIpc) is 3.04. The predicted octanol–water partition coefficient (Wildman–Crippen LogP) is 1.40. The molecule has 0 amide bonds. The van der Waals surface area contributed by atoms with Crippen molar-refractivity contribution in [3.05, 3.63) is 0 Å². The first-order chi connectivity index (χ1) is 23.1. The van der Waals surface area contributed by atoms with E-state index in [1.807, 2.05) is 25.9 Å². The van der Waals surface area contributed by atoms with Crippen LogP contribution in [0.1, 0.15) is 88.0 Å². The lowest BCUT2D eigenvalue weighted by atomic mass is 9.73. The van der Waals surface area contributed by atoms with Crippen LogP contribution in [0.4, 0.5) is 0 Å². The van der Waals surface area contributed by atoms with E-state index in [4.69, 9.17) is 28.4 Å². The SMILES string of the molecule is CCC1OC(=O)C(C)C(OC2CC(OC)C(O)C(C)O2)C(C)C(OC2OC(C)CC(N(C)C)C2O)C(C)(O)CC(C)(O)C(=O)C(C)C(O)C1C. The molecule has 3 heterocycles. The van der Waals surface area contributed by atoms with Gasteiger partial charge in [-0.2, -0.15) is 0 Å². The smallest absolute Gasteiger partial charge is 0.311 e. The fourth-order valence-corrected chi connectivity index (χ4v) is 8.17. The number of carbonyl (C=O) groups excluding carboxylic acids is 2. The van der Waals surface area contributed by atoms with Crippen molar-refractivity contribution in [1.29, 1.82) is 0 Å². The van der Waals surface area contributed by atoms with Crippen molar-refractivity contribution in [2.45, 2.75) is 173 Å². The molecule has 0 spiro atoms. The lowest BCUT2D eigenvalue weighted by molar-refractivity contribution is -0.312. The third-order valence-electron chi connectivity index (χ3n) is 11.2. The first kappa shape index (κ1) is 43.1. The lowest BCUT2D eigenvalue weighted by Crippen LogP contribution is -2.61. The maximum Gasteiger partial charge on any atom is 0.311 e. The molecule has 5 N–H and O–H groups in total. The number of esters is 1. The molecular weight excluding hydrogens is 654 g/mol. The number of methoxy groups -OCH3 is 1. The fraction of sp³-hybridized carbons (Fsp3) is 0.944. The molecule has 3 saturated heterocycles. The Morgan fingerprint density at radius 3 is 2.04 bits per heavy atom. The van der Waals surface area contributed by atoms with E-state index in [9.17, 15) is 35.1 Å². The molecule has 0 bridgehead atoms. The van der Waals surface area contributed by atoms with Gasteiger partial charge in [-0.3, -0.25) is 9.59 Å². The standard InChI is InChI=1S/C36H65NO13/c1-13-24-18(3)27(38)19(4)31(41)35(8,43)16-36(9,44)32(50-34-29(40)23(37(10)11)14-17(2)46-34)20(5)30(21(6)33(42)48-24)49-26-15-25(45-12)28(39)22(7)47-26/h17-30,32,34,38-40,43-44H,13-16H2,1-12H3. The molecule has 0 aromatic heterocycles. The topological polar surface area (TPSA) is 194 Å². The van der Waals surface area contributed by atoms with Gasteiger partial charge in [0, 0.05) is 43.7 Å². The lowest BCUT2D eigenvalue weighted by Gasteiger charge is -2.48. The van der Waals surface area contributed by atoms with E-state index in [1.165, 1.54) is 27.9 Å². The minimum Gasteiger partial charge on any atom is -0.462 e. The second-order valence-corrected chi connectivity index (χ2v) is 15.8. The van der Waals surface area contributed by atoms with Crippen LogP contribution in [0.5, 0.6) is 0 Å². The predicted molar refractivity (Wildman–Crippen MR) is 182 cm³/mol. The van der Waals surface area contributed by atoms with Crippen LogP contribution in [0.3, 0.4) is 0 Å². The Hall–Kier alpha value is -1.30. The Kier molecular flexibility index (Phi) is 14.9. The quantitative estimate of drug-likeness (QED) is 0.237. The molecule has 292 valence electrons. The Labute approximate surface area is 297 Å². The van der Waals surface area contributed by atoms with Crippen molar-refractivity contribution in [2.75, 3.05) is 21.2 Å². The van der Waals surface area contributed by atoms with E-state index in [0.29, 0.717) is 12.8 Å². The summed E-state index contributed by atoms with van der Waals surface area (Å²) in [4.78, 5) is 29.7. The first-order valence-electron chi connectivity index (χ1n) is 18.1. The van der Waals surface area contributed by atoms with Crippen LogP contribution in [0, 0.1) is 23.7 Å². The number of ketones is 1. The van der Waals surface area contributed by atoms with Gasteiger partial charge >= 0.3 is 5.97 Å². The third kappa shape index (κ3) is 9.62. The van der Waals surface area contributed by atoms with Gasteiger partial charge in [0.05, 0.1) is 48.1 Å². The van der Waals surface area contributed by atoms with Gasteiger partial charge < -0.3 is 58.9 Å². The number of ether oxygens (including phenoxy) is 6. The summed E-state index contributed by atoms with van der Waals surface area (Å²) in [5, 5.41) is 57.4. The van der Waals surface area contributed by atoms with Crippen molar-refractivity contribution in [1.82, 2.24) is 4.90 Å². The summed E-state index contributed by atoms with van der Waals surface area (Å²) in [6, 6.07) is -0.349. The largest absolute Gasteiger partial charge is 0.462 e. The maximum atomic E-state index is 14.0. The van der Waals surface area contributed by atoms with Crippen LogP contribution in [-0.4, -0.2) is 148 Å². The highest BCUT2D eigenvalue weighted by Crippen LogP contribution is 2.40. The molecule has 3 aliphatic heterocycles. The van der Waals surface area contributed by atoms with E-state index in [2.05, 4.69) is 0 Å². The van der Waals surface area contributed by atoms with Crippen LogP contribution >= 0.6 is 0 Å². The van der Waals surface area contributed by atoms with Gasteiger partial charge in [0.2, 0.25) is 0 Å². The molecule has 0 aliphatic carbocycles. The number of Topliss-reactive ketones (excluding diaryl/α,β-unsaturated/α-hetero) is 1. The Morgan fingerprint density at radius 2 is 1.48 bits per heavy atom. The van der Waals surface area contributed by atoms with E-state index in [1.54, 1.807) is 34.6 Å². The van der Waals surface area contributed by atoms with E-state index in [0.717, 1.165) is 0 Å². The molecular formula is C36H65NO13. The molecule has 3 rings (SSSR count). The van der Waals surface area contributed by atoms with Crippen molar-refractivity contribution < 1.29 is 63.5 Å². The van der Waals surface area contributed by atoms with Crippen LogP contribution in [0.2, 0.25) is 0 Å². The molecule has 0 aromatic rings. The van der Waals surface area contributed by atoms with Crippen molar-refractivity contribution in [3.8, 4) is 0 Å². The normalized spacial score (nSPS) is 49.0. The number of aliphatic hydroxyl groups is 5. The molecule has 0 aromatic carbocycles. The zero-order chi connectivity index (χ0) is 38.0. The van der Waals surface area contributed by atoms with E-state index in [-0.39, 0.29) is 18.6 Å². The van der Waals surface area contributed by atoms with Gasteiger partial charge in [-0.25, -0.2) is 0 Å². The number of hydrogen-bond donors (Lipinski definition) is 5. The number of carbonyl (C=O) groups is 2. The molecule has 0 radical (unpaired) electrons. The second-order valence-electron chi connectivity index (χ2n) is 15.8.